The van der Waals surface area contributed by atoms with Crippen molar-refractivity contribution in [2.45, 2.75) is 69.5 Å². The second-order valence-corrected chi connectivity index (χ2v) is 13.7. The van der Waals surface area contributed by atoms with Crippen LogP contribution in [0.25, 0.3) is 0 Å². The minimum atomic E-state index is -4.26. The smallest absolute Gasteiger partial charge is 0.264 e. The number of amides is 2. The van der Waals surface area contributed by atoms with Gasteiger partial charge in [-0.1, -0.05) is 66.7 Å². The van der Waals surface area contributed by atoms with Crippen LogP contribution in [0, 0.1) is 6.92 Å². The SMILES string of the molecule is CCC(C(=O)NC1CCCC1)N(Cc1ccc(Cl)cc1Cl)C(=O)CN(c1ccc(OC)c(OC)c1)S(=O)(=O)c1ccc(C)cc1. The van der Waals surface area contributed by atoms with Crippen molar-refractivity contribution >= 4 is 50.7 Å². The molecule has 1 unspecified atom stereocenters. The summed E-state index contributed by atoms with van der Waals surface area (Å²) in [4.78, 5) is 29.4. The average Bonchev–Trinajstić information content (AvgIpc) is 3.53. The van der Waals surface area contributed by atoms with E-state index < -0.39 is 28.5 Å². The van der Waals surface area contributed by atoms with Gasteiger partial charge in [-0.3, -0.25) is 13.9 Å². The molecule has 12 heteroatoms. The normalized spacial score (nSPS) is 14.1. The van der Waals surface area contributed by atoms with Gasteiger partial charge in [0.05, 0.1) is 24.8 Å². The first-order valence-electron chi connectivity index (χ1n) is 14.8. The van der Waals surface area contributed by atoms with Gasteiger partial charge in [0, 0.05) is 28.7 Å². The highest BCUT2D eigenvalue weighted by molar-refractivity contribution is 7.92. The third-order valence-electron chi connectivity index (χ3n) is 7.99. The molecule has 3 aromatic rings. The summed E-state index contributed by atoms with van der Waals surface area (Å²) < 4.78 is 40.2. The summed E-state index contributed by atoms with van der Waals surface area (Å²) in [6.07, 6.45) is 4.11. The number of hydrogen-bond donors (Lipinski definition) is 1. The van der Waals surface area contributed by atoms with Crippen molar-refractivity contribution in [3.8, 4) is 11.5 Å². The van der Waals surface area contributed by atoms with Gasteiger partial charge in [-0.2, -0.15) is 0 Å². The molecule has 0 radical (unpaired) electrons. The molecule has 2 amide bonds. The molecule has 9 nitrogen and oxygen atoms in total. The number of ether oxygens (including phenoxy) is 2. The lowest BCUT2D eigenvalue weighted by Crippen LogP contribution is -2.53. The molecular weight excluding hydrogens is 637 g/mol. The summed E-state index contributed by atoms with van der Waals surface area (Å²) in [5, 5.41) is 3.86. The van der Waals surface area contributed by atoms with Crippen molar-refractivity contribution in [1.29, 1.82) is 0 Å². The predicted molar refractivity (Wildman–Crippen MR) is 177 cm³/mol. The third kappa shape index (κ3) is 8.23. The molecular formula is C33H39Cl2N3O6S. The summed E-state index contributed by atoms with van der Waals surface area (Å²) in [6.45, 7) is 3.05. The Balaban J connectivity index is 1.77. The van der Waals surface area contributed by atoms with Crippen LogP contribution in [0.1, 0.15) is 50.2 Å². The Morgan fingerprint density at radius 1 is 0.956 bits per heavy atom. The molecule has 0 aromatic heterocycles. The number of carbonyl (C=O) groups excluding carboxylic acids is 2. The number of aryl methyl sites for hydroxylation is 1. The quantitative estimate of drug-likeness (QED) is 0.225. The van der Waals surface area contributed by atoms with E-state index in [0.717, 1.165) is 35.6 Å². The molecule has 0 spiro atoms. The lowest BCUT2D eigenvalue weighted by Gasteiger charge is -2.34. The summed E-state index contributed by atoms with van der Waals surface area (Å²) >= 11 is 12.6. The maximum absolute atomic E-state index is 14.4. The minimum absolute atomic E-state index is 0.00833. The molecule has 1 aliphatic rings. The van der Waals surface area contributed by atoms with Crippen molar-refractivity contribution in [1.82, 2.24) is 10.2 Å². The summed E-state index contributed by atoms with van der Waals surface area (Å²) in [5.74, 6) is -0.186. The number of nitrogens with zero attached hydrogens (tertiary/aromatic N) is 2. The molecule has 1 aliphatic carbocycles. The summed E-state index contributed by atoms with van der Waals surface area (Å²) in [7, 11) is -1.34. The fourth-order valence-electron chi connectivity index (χ4n) is 5.47. The van der Waals surface area contributed by atoms with E-state index in [4.69, 9.17) is 32.7 Å². The van der Waals surface area contributed by atoms with E-state index in [-0.39, 0.29) is 29.1 Å². The van der Waals surface area contributed by atoms with Gasteiger partial charge in [-0.15, -0.1) is 0 Å². The van der Waals surface area contributed by atoms with Crippen LogP contribution in [-0.2, 0) is 26.2 Å². The molecule has 1 fully saturated rings. The van der Waals surface area contributed by atoms with E-state index in [9.17, 15) is 18.0 Å². The number of benzene rings is 3. The standard InChI is InChI=1S/C33H39Cl2N3O6S/c1-5-29(33(40)36-25-8-6-7-9-25)37(20-23-12-13-24(34)18-28(23)35)32(39)21-38(26-14-17-30(43-3)31(19-26)44-4)45(41,42)27-15-10-22(2)11-16-27/h10-19,25,29H,5-9,20-21H2,1-4H3,(H,36,40). The van der Waals surface area contributed by atoms with E-state index in [1.165, 1.54) is 37.3 Å². The van der Waals surface area contributed by atoms with Gasteiger partial charge < -0.3 is 19.7 Å². The second kappa shape index (κ2) is 15.2. The van der Waals surface area contributed by atoms with Gasteiger partial charge >= 0.3 is 0 Å². The first kappa shape index (κ1) is 34.4. The summed E-state index contributed by atoms with van der Waals surface area (Å²) in [6, 6.07) is 15.1. The fourth-order valence-corrected chi connectivity index (χ4v) is 7.34. The minimum Gasteiger partial charge on any atom is -0.493 e. The molecule has 4 rings (SSSR count). The molecule has 1 atom stereocenters. The molecule has 45 heavy (non-hydrogen) atoms. The van der Waals surface area contributed by atoms with E-state index >= 15 is 0 Å². The van der Waals surface area contributed by atoms with Crippen molar-refractivity contribution in [2.24, 2.45) is 0 Å². The van der Waals surface area contributed by atoms with Gasteiger partial charge in [0.1, 0.15) is 12.6 Å². The Labute approximate surface area is 275 Å². The number of anilines is 1. The number of methoxy groups -OCH3 is 2. The highest BCUT2D eigenvalue weighted by Gasteiger charge is 2.35. The molecule has 0 saturated heterocycles. The van der Waals surface area contributed by atoms with E-state index in [1.807, 2.05) is 13.8 Å². The molecule has 0 aliphatic heterocycles. The zero-order chi connectivity index (χ0) is 32.7. The van der Waals surface area contributed by atoms with Gasteiger partial charge in [0.15, 0.2) is 11.5 Å². The number of hydrogen-bond acceptors (Lipinski definition) is 6. The Bertz CT molecular complexity index is 1610. The van der Waals surface area contributed by atoms with Crippen LogP contribution in [0.15, 0.2) is 65.6 Å². The van der Waals surface area contributed by atoms with Crippen LogP contribution in [0.4, 0.5) is 5.69 Å². The summed E-state index contributed by atoms with van der Waals surface area (Å²) in [5.41, 5.74) is 1.64. The molecule has 0 bridgehead atoms. The van der Waals surface area contributed by atoms with Gasteiger partial charge in [0.2, 0.25) is 11.8 Å². The predicted octanol–water partition coefficient (Wildman–Crippen LogP) is 6.38. The number of nitrogens with one attached hydrogen (secondary N) is 1. The van der Waals surface area contributed by atoms with E-state index in [1.54, 1.807) is 42.5 Å². The average molecular weight is 677 g/mol. The van der Waals surface area contributed by atoms with Crippen LogP contribution in [0.3, 0.4) is 0 Å². The first-order chi connectivity index (χ1) is 21.5. The molecule has 1 saturated carbocycles. The van der Waals surface area contributed by atoms with Gasteiger partial charge in [0.25, 0.3) is 10.0 Å². The maximum atomic E-state index is 14.4. The first-order valence-corrected chi connectivity index (χ1v) is 17.0. The lowest BCUT2D eigenvalue weighted by molar-refractivity contribution is -0.140. The number of carbonyl (C=O) groups is 2. The largest absolute Gasteiger partial charge is 0.493 e. The zero-order valence-corrected chi connectivity index (χ0v) is 28.2. The van der Waals surface area contributed by atoms with Crippen molar-refractivity contribution in [3.63, 3.8) is 0 Å². The topological polar surface area (TPSA) is 105 Å². The highest BCUT2D eigenvalue weighted by Crippen LogP contribution is 2.34. The van der Waals surface area contributed by atoms with Gasteiger partial charge in [-0.05, 0) is 68.1 Å². The number of halogens is 2. The Hall–Kier alpha value is -3.47. The van der Waals surface area contributed by atoms with E-state index in [2.05, 4.69) is 5.32 Å². The second-order valence-electron chi connectivity index (χ2n) is 11.0. The van der Waals surface area contributed by atoms with Crippen molar-refractivity contribution < 1.29 is 27.5 Å². The lowest BCUT2D eigenvalue weighted by atomic mass is 10.1. The molecule has 242 valence electrons. The van der Waals surface area contributed by atoms with Crippen LogP contribution in [0.2, 0.25) is 10.0 Å². The monoisotopic (exact) mass is 675 g/mol. The van der Waals surface area contributed by atoms with Crippen molar-refractivity contribution in [3.05, 3.63) is 81.8 Å². The Morgan fingerprint density at radius 3 is 2.22 bits per heavy atom. The Morgan fingerprint density at radius 2 is 1.62 bits per heavy atom. The number of rotatable bonds is 13. The maximum Gasteiger partial charge on any atom is 0.264 e. The Kier molecular flexibility index (Phi) is 11.6. The van der Waals surface area contributed by atoms with Crippen molar-refractivity contribution in [2.75, 3.05) is 25.1 Å². The van der Waals surface area contributed by atoms with Crippen LogP contribution in [0.5, 0.6) is 11.5 Å². The van der Waals surface area contributed by atoms with Gasteiger partial charge in [-0.25, -0.2) is 8.42 Å². The fraction of sp³-hybridized carbons (Fsp3) is 0.394. The zero-order valence-electron chi connectivity index (χ0n) is 25.9. The molecule has 3 aromatic carbocycles. The van der Waals surface area contributed by atoms with Crippen LogP contribution in [-0.4, -0.2) is 58.0 Å². The third-order valence-corrected chi connectivity index (χ3v) is 10.4. The highest BCUT2D eigenvalue weighted by atomic mass is 35.5. The number of sulfonamides is 1. The molecule has 1 N–H and O–H groups in total. The molecule has 0 heterocycles. The van der Waals surface area contributed by atoms with Crippen LogP contribution < -0.4 is 19.1 Å². The van der Waals surface area contributed by atoms with E-state index in [0.29, 0.717) is 33.5 Å². The van der Waals surface area contributed by atoms with Crippen LogP contribution >= 0.6 is 23.2 Å².